The summed E-state index contributed by atoms with van der Waals surface area (Å²) in [6, 6.07) is 27.7. The van der Waals surface area contributed by atoms with Gasteiger partial charge in [0.2, 0.25) is 0 Å². The molecular weight excluding hydrogens is 416 g/mol. The van der Waals surface area contributed by atoms with E-state index in [0.717, 1.165) is 21.7 Å². The number of thioether (sulfide) groups is 1. The van der Waals surface area contributed by atoms with Crippen molar-refractivity contribution >= 4 is 29.3 Å². The molecule has 1 aliphatic heterocycles. The number of benzene rings is 3. The Bertz CT molecular complexity index is 1130. The number of anilines is 1. The number of nitrogens with zero attached hydrogens (tertiary/aromatic N) is 2. The molecule has 1 aliphatic rings. The van der Waals surface area contributed by atoms with E-state index in [9.17, 15) is 9.59 Å². The van der Waals surface area contributed by atoms with Gasteiger partial charge in [0.15, 0.2) is 0 Å². The normalized spacial score (nSPS) is 13.8. The average Bonchev–Trinajstić information content (AvgIpc) is 3.05. The Morgan fingerprint density at radius 1 is 0.812 bits per heavy atom. The van der Waals surface area contributed by atoms with Crippen LogP contribution in [0.15, 0.2) is 100 Å². The second kappa shape index (κ2) is 9.88. The molecule has 1 heterocycles. The molecule has 0 aromatic heterocycles. The first-order valence-corrected chi connectivity index (χ1v) is 11.6. The molecule has 32 heavy (non-hydrogen) atoms. The molecule has 0 fully saturated rings. The molecule has 3 aromatic rings. The molecule has 4 nitrogen and oxygen atoms in total. The van der Waals surface area contributed by atoms with Crippen molar-refractivity contribution in [2.24, 2.45) is 0 Å². The molecule has 0 spiro atoms. The summed E-state index contributed by atoms with van der Waals surface area (Å²) in [7, 11) is 0. The van der Waals surface area contributed by atoms with Crippen LogP contribution in [0.2, 0.25) is 0 Å². The lowest BCUT2D eigenvalue weighted by Gasteiger charge is -2.24. The number of rotatable bonds is 8. The van der Waals surface area contributed by atoms with Crippen LogP contribution in [-0.2, 0) is 16.0 Å². The van der Waals surface area contributed by atoms with Crippen LogP contribution in [0.25, 0.3) is 0 Å². The Balaban J connectivity index is 1.68. The number of likely N-dealkylation sites (N-methyl/N-ethyl adjacent to an activating group) is 1. The molecule has 0 aliphatic carbocycles. The summed E-state index contributed by atoms with van der Waals surface area (Å²) in [4.78, 5) is 31.8. The summed E-state index contributed by atoms with van der Waals surface area (Å²) in [5.41, 5.74) is 3.62. The fraction of sp³-hybridized carbons (Fsp3) is 0.185. The molecule has 5 heteroatoms. The molecule has 0 saturated heterocycles. The minimum Gasteiger partial charge on any atom is -0.336 e. The third-order valence-electron chi connectivity index (χ3n) is 5.46. The van der Waals surface area contributed by atoms with Crippen LogP contribution in [-0.4, -0.2) is 29.8 Å². The monoisotopic (exact) mass is 442 g/mol. The summed E-state index contributed by atoms with van der Waals surface area (Å²) in [5.74, 6) is -0.452. The Morgan fingerprint density at radius 2 is 1.44 bits per heavy atom. The summed E-state index contributed by atoms with van der Waals surface area (Å²) in [6.45, 7) is 4.97. The Kier molecular flexibility index (Phi) is 6.76. The van der Waals surface area contributed by atoms with Gasteiger partial charge in [0.25, 0.3) is 11.8 Å². The molecule has 2 amide bonds. The second-order valence-corrected chi connectivity index (χ2v) is 8.75. The lowest BCUT2D eigenvalue weighted by molar-refractivity contribution is -0.137. The zero-order chi connectivity index (χ0) is 22.5. The maximum atomic E-state index is 13.6. The zero-order valence-electron chi connectivity index (χ0n) is 18.3. The summed E-state index contributed by atoms with van der Waals surface area (Å²) in [6.07, 6.45) is 0.630. The second-order valence-electron chi connectivity index (χ2n) is 7.67. The molecule has 3 aromatic carbocycles. The third-order valence-corrected chi connectivity index (χ3v) is 6.54. The van der Waals surface area contributed by atoms with Gasteiger partial charge in [0.05, 0.1) is 0 Å². The van der Waals surface area contributed by atoms with E-state index in [-0.39, 0.29) is 11.8 Å². The maximum absolute atomic E-state index is 13.6. The van der Waals surface area contributed by atoms with Crippen molar-refractivity contribution in [1.29, 1.82) is 0 Å². The lowest BCUT2D eigenvalue weighted by Crippen LogP contribution is -2.36. The smallest absolute Gasteiger partial charge is 0.278 e. The van der Waals surface area contributed by atoms with E-state index in [4.69, 9.17) is 0 Å². The summed E-state index contributed by atoms with van der Waals surface area (Å²) >= 11 is 1.37. The van der Waals surface area contributed by atoms with E-state index in [1.54, 1.807) is 0 Å². The van der Waals surface area contributed by atoms with Gasteiger partial charge >= 0.3 is 0 Å². The first-order chi connectivity index (χ1) is 15.6. The average molecular weight is 443 g/mol. The van der Waals surface area contributed by atoms with E-state index in [2.05, 4.69) is 0 Å². The van der Waals surface area contributed by atoms with Gasteiger partial charge in [-0.3, -0.25) is 14.5 Å². The fourth-order valence-electron chi connectivity index (χ4n) is 3.76. The molecule has 0 bridgehead atoms. The number of amides is 2. The van der Waals surface area contributed by atoms with Crippen molar-refractivity contribution in [2.45, 2.75) is 25.2 Å². The standard InChI is InChI=1S/C27H26N2O2S/c1-3-28(22-12-8-5-9-13-22)24-25(32-23-16-14-20(2)15-17-23)27(31)29(26(24)30)19-18-21-10-6-4-7-11-21/h4-17H,3,18-19H2,1-2H3. The largest absolute Gasteiger partial charge is 0.336 e. The molecule has 162 valence electrons. The minimum absolute atomic E-state index is 0.221. The van der Waals surface area contributed by atoms with E-state index in [1.165, 1.54) is 16.7 Å². The summed E-state index contributed by atoms with van der Waals surface area (Å²) < 4.78 is 0. The van der Waals surface area contributed by atoms with Crippen LogP contribution in [0.4, 0.5) is 5.69 Å². The number of carbonyl (C=O) groups excluding carboxylic acids is 2. The van der Waals surface area contributed by atoms with E-state index < -0.39 is 0 Å². The highest BCUT2D eigenvalue weighted by Gasteiger charge is 2.41. The third kappa shape index (κ3) is 4.63. The van der Waals surface area contributed by atoms with Crippen molar-refractivity contribution in [3.8, 4) is 0 Å². The van der Waals surface area contributed by atoms with Gasteiger partial charge in [-0.1, -0.05) is 78.0 Å². The first kappa shape index (κ1) is 21.9. The molecule has 4 rings (SSSR count). The van der Waals surface area contributed by atoms with Gasteiger partial charge in [-0.25, -0.2) is 0 Å². The topological polar surface area (TPSA) is 40.6 Å². The number of hydrogen-bond acceptors (Lipinski definition) is 4. The lowest BCUT2D eigenvalue weighted by atomic mass is 10.1. The Hall–Kier alpha value is -3.31. The number of carbonyl (C=O) groups is 2. The van der Waals surface area contributed by atoms with Crippen molar-refractivity contribution in [3.63, 3.8) is 0 Å². The molecule has 0 unspecified atom stereocenters. The molecule has 0 N–H and O–H groups in total. The summed E-state index contributed by atoms with van der Waals surface area (Å²) in [5, 5.41) is 0. The Labute approximate surface area is 193 Å². The molecule has 0 atom stereocenters. The van der Waals surface area contributed by atoms with E-state index in [1.807, 2.05) is 104 Å². The molecule has 0 radical (unpaired) electrons. The number of aryl methyl sites for hydroxylation is 1. The predicted molar refractivity (Wildman–Crippen MR) is 130 cm³/mol. The van der Waals surface area contributed by atoms with Crippen LogP contribution in [0.5, 0.6) is 0 Å². The molecule has 0 saturated carbocycles. The van der Waals surface area contributed by atoms with Gasteiger partial charge < -0.3 is 4.90 Å². The minimum atomic E-state index is -0.230. The highest BCUT2D eigenvalue weighted by Crippen LogP contribution is 2.38. The van der Waals surface area contributed by atoms with Crippen LogP contribution in [0.3, 0.4) is 0 Å². The van der Waals surface area contributed by atoms with Gasteiger partial charge in [-0.15, -0.1) is 0 Å². The highest BCUT2D eigenvalue weighted by atomic mass is 32.2. The van der Waals surface area contributed by atoms with Crippen molar-refractivity contribution in [1.82, 2.24) is 4.90 Å². The predicted octanol–water partition coefficient (Wildman–Crippen LogP) is 5.44. The highest BCUT2D eigenvalue weighted by molar-refractivity contribution is 8.04. The van der Waals surface area contributed by atoms with Gasteiger partial charge in [-0.05, 0) is 50.1 Å². The number of para-hydroxylation sites is 1. The van der Waals surface area contributed by atoms with Crippen LogP contribution >= 0.6 is 11.8 Å². The fourth-order valence-corrected chi connectivity index (χ4v) is 4.76. The zero-order valence-corrected chi connectivity index (χ0v) is 19.1. The van der Waals surface area contributed by atoms with Crippen LogP contribution in [0.1, 0.15) is 18.1 Å². The maximum Gasteiger partial charge on any atom is 0.278 e. The van der Waals surface area contributed by atoms with E-state index in [0.29, 0.717) is 30.1 Å². The number of hydrogen-bond donors (Lipinski definition) is 0. The quantitative estimate of drug-likeness (QED) is 0.436. The molecular formula is C27H26N2O2S. The van der Waals surface area contributed by atoms with Crippen LogP contribution in [0, 0.1) is 6.92 Å². The van der Waals surface area contributed by atoms with Crippen LogP contribution < -0.4 is 4.90 Å². The van der Waals surface area contributed by atoms with E-state index >= 15 is 0 Å². The number of imide groups is 1. The van der Waals surface area contributed by atoms with Crippen molar-refractivity contribution < 1.29 is 9.59 Å². The van der Waals surface area contributed by atoms with Crippen molar-refractivity contribution in [2.75, 3.05) is 18.0 Å². The van der Waals surface area contributed by atoms with Gasteiger partial charge in [0.1, 0.15) is 10.6 Å². The first-order valence-electron chi connectivity index (χ1n) is 10.8. The van der Waals surface area contributed by atoms with Crippen molar-refractivity contribution in [3.05, 3.63) is 107 Å². The Morgan fingerprint density at radius 3 is 2.06 bits per heavy atom. The van der Waals surface area contributed by atoms with Gasteiger partial charge in [-0.2, -0.15) is 0 Å². The van der Waals surface area contributed by atoms with Gasteiger partial charge in [0, 0.05) is 23.7 Å². The SMILES string of the molecule is CCN(C1=C(Sc2ccc(C)cc2)C(=O)N(CCc2ccccc2)C1=O)c1ccccc1.